The second kappa shape index (κ2) is 6.84. The van der Waals surface area contributed by atoms with Gasteiger partial charge in [0.2, 0.25) is 12.7 Å². The summed E-state index contributed by atoms with van der Waals surface area (Å²) >= 11 is 1.62. The highest BCUT2D eigenvalue weighted by Crippen LogP contribution is 2.48. The van der Waals surface area contributed by atoms with Crippen LogP contribution in [0.1, 0.15) is 34.6 Å². The summed E-state index contributed by atoms with van der Waals surface area (Å²) in [7, 11) is 0. The Morgan fingerprint density at radius 3 is 2.79 bits per heavy atom. The van der Waals surface area contributed by atoms with Crippen molar-refractivity contribution in [2.24, 2.45) is 0 Å². The van der Waals surface area contributed by atoms with E-state index in [4.69, 9.17) is 14.6 Å². The van der Waals surface area contributed by atoms with Gasteiger partial charge in [-0.15, -0.1) is 11.8 Å². The van der Waals surface area contributed by atoms with Crippen LogP contribution in [0.2, 0.25) is 0 Å². The summed E-state index contributed by atoms with van der Waals surface area (Å²) in [6.07, 6.45) is 0. The first-order chi connectivity index (χ1) is 14.0. The van der Waals surface area contributed by atoms with Crippen LogP contribution in [0, 0.1) is 13.8 Å². The molecule has 1 N–H and O–H groups in total. The zero-order valence-corrected chi connectivity index (χ0v) is 17.2. The van der Waals surface area contributed by atoms with E-state index in [9.17, 15) is 4.79 Å². The number of thioether (sulfide) groups is 1. The summed E-state index contributed by atoms with van der Waals surface area (Å²) in [6, 6.07) is 14.1. The van der Waals surface area contributed by atoms with Gasteiger partial charge < -0.3 is 14.8 Å². The fourth-order valence-electron chi connectivity index (χ4n) is 3.79. The molecule has 148 valence electrons. The minimum atomic E-state index is -0.205. The fraction of sp³-hybridized carbons (Fsp3) is 0.273. The van der Waals surface area contributed by atoms with Crippen molar-refractivity contribution in [3.8, 4) is 17.2 Å². The van der Waals surface area contributed by atoms with Gasteiger partial charge in [0.1, 0.15) is 5.82 Å². The number of rotatable bonds is 2. The van der Waals surface area contributed by atoms with E-state index >= 15 is 0 Å². The number of hydrogen-bond donors (Lipinski definition) is 1. The van der Waals surface area contributed by atoms with Crippen molar-refractivity contribution in [3.63, 3.8) is 0 Å². The van der Waals surface area contributed by atoms with Crippen molar-refractivity contribution in [2.75, 3.05) is 12.1 Å². The number of benzene rings is 2. The van der Waals surface area contributed by atoms with Crippen LogP contribution in [0.25, 0.3) is 5.69 Å². The number of hydrogen-bond acceptors (Lipinski definition) is 5. The summed E-state index contributed by atoms with van der Waals surface area (Å²) in [6.45, 7) is 6.21. The van der Waals surface area contributed by atoms with Crippen LogP contribution in [0.5, 0.6) is 11.5 Å². The van der Waals surface area contributed by atoms with Gasteiger partial charge in [-0.25, -0.2) is 4.68 Å². The van der Waals surface area contributed by atoms with Gasteiger partial charge in [0.15, 0.2) is 11.5 Å². The molecule has 0 unspecified atom stereocenters. The lowest BCUT2D eigenvalue weighted by molar-refractivity contribution is -0.115. The monoisotopic (exact) mass is 407 g/mol. The Balaban J connectivity index is 1.68. The minimum absolute atomic E-state index is 0.0201. The molecule has 2 aliphatic rings. The first-order valence-corrected chi connectivity index (χ1v) is 10.5. The molecule has 2 aliphatic heterocycles. The lowest BCUT2D eigenvalue weighted by atomic mass is 10.0. The average Bonchev–Trinajstić information content (AvgIpc) is 3.26. The van der Waals surface area contributed by atoms with Gasteiger partial charge in [-0.3, -0.25) is 4.79 Å². The van der Waals surface area contributed by atoms with Crippen molar-refractivity contribution >= 4 is 23.5 Å². The predicted octanol–water partition coefficient (Wildman–Crippen LogP) is 4.38. The molecular formula is C22H21N3O3S. The molecule has 0 aliphatic carbocycles. The van der Waals surface area contributed by atoms with Gasteiger partial charge in [-0.1, -0.05) is 18.2 Å². The Hall–Kier alpha value is -2.93. The predicted molar refractivity (Wildman–Crippen MR) is 113 cm³/mol. The first kappa shape index (κ1) is 18.1. The van der Waals surface area contributed by atoms with Gasteiger partial charge in [0.25, 0.3) is 0 Å². The van der Waals surface area contributed by atoms with E-state index in [1.807, 2.05) is 61.9 Å². The molecule has 0 radical (unpaired) electrons. The number of ether oxygens (including phenoxy) is 2. The van der Waals surface area contributed by atoms with Gasteiger partial charge >= 0.3 is 0 Å². The SMILES string of the molecule is Cc1cccc(-n2nc(C)c3c2NC(=O)[C@H](C)S[C@H]3c2ccc3c(c2)OCO3)c1. The van der Waals surface area contributed by atoms with Crippen molar-refractivity contribution in [3.05, 3.63) is 64.8 Å². The van der Waals surface area contributed by atoms with Crippen LogP contribution in [-0.2, 0) is 4.79 Å². The Morgan fingerprint density at radius 2 is 1.97 bits per heavy atom. The topological polar surface area (TPSA) is 65.4 Å². The molecule has 1 amide bonds. The highest BCUT2D eigenvalue weighted by Gasteiger charge is 2.34. The molecule has 3 heterocycles. The third kappa shape index (κ3) is 3.06. The average molecular weight is 407 g/mol. The summed E-state index contributed by atoms with van der Waals surface area (Å²) in [4.78, 5) is 12.8. The maximum Gasteiger partial charge on any atom is 0.238 e. The number of amides is 1. The lowest BCUT2D eigenvalue weighted by Crippen LogP contribution is -2.22. The highest BCUT2D eigenvalue weighted by atomic mass is 32.2. The number of aryl methyl sites for hydroxylation is 2. The van der Waals surface area contributed by atoms with Gasteiger partial charge in [0.05, 0.1) is 21.9 Å². The summed E-state index contributed by atoms with van der Waals surface area (Å²) in [5.74, 6) is 2.21. The van der Waals surface area contributed by atoms with Crippen molar-refractivity contribution in [1.82, 2.24) is 9.78 Å². The smallest absolute Gasteiger partial charge is 0.238 e. The van der Waals surface area contributed by atoms with Crippen LogP contribution >= 0.6 is 11.8 Å². The van der Waals surface area contributed by atoms with Crippen LogP contribution < -0.4 is 14.8 Å². The molecule has 7 heteroatoms. The zero-order chi connectivity index (χ0) is 20.1. The van der Waals surface area contributed by atoms with Crippen LogP contribution in [0.15, 0.2) is 42.5 Å². The maximum atomic E-state index is 12.8. The second-order valence-corrected chi connectivity index (χ2v) is 8.81. The Bertz CT molecular complexity index is 1120. The molecular weight excluding hydrogens is 386 g/mol. The van der Waals surface area contributed by atoms with E-state index in [1.54, 1.807) is 11.8 Å². The van der Waals surface area contributed by atoms with Gasteiger partial charge in [-0.05, 0) is 56.2 Å². The van der Waals surface area contributed by atoms with E-state index in [0.29, 0.717) is 0 Å². The van der Waals surface area contributed by atoms with Crippen LogP contribution in [0.4, 0.5) is 5.82 Å². The Kier molecular flexibility index (Phi) is 4.28. The second-order valence-electron chi connectivity index (χ2n) is 7.36. The van der Waals surface area contributed by atoms with Crippen molar-refractivity contribution in [2.45, 2.75) is 31.3 Å². The molecule has 1 aromatic heterocycles. The van der Waals surface area contributed by atoms with E-state index < -0.39 is 0 Å². The van der Waals surface area contributed by atoms with Crippen LogP contribution in [-0.4, -0.2) is 27.7 Å². The van der Waals surface area contributed by atoms with Crippen molar-refractivity contribution < 1.29 is 14.3 Å². The largest absolute Gasteiger partial charge is 0.454 e. The normalized spacial score (nSPS) is 20.2. The molecule has 0 saturated heterocycles. The van der Waals surface area contributed by atoms with Crippen molar-refractivity contribution in [1.29, 1.82) is 0 Å². The standard InChI is InChI=1S/C22H21N3O3S/c1-12-5-4-6-16(9-12)25-21-19(13(2)24-25)20(29-14(3)22(26)23-21)15-7-8-17-18(10-15)28-11-27-17/h4-10,14,20H,11H2,1-3H3,(H,23,26)/t14-,20-/m0/s1. The van der Waals surface area contributed by atoms with Crippen LogP contribution in [0.3, 0.4) is 0 Å². The summed E-state index contributed by atoms with van der Waals surface area (Å²) < 4.78 is 12.9. The first-order valence-electron chi connectivity index (χ1n) is 9.53. The van der Waals surface area contributed by atoms with E-state index in [-0.39, 0.29) is 23.2 Å². The maximum absolute atomic E-state index is 12.8. The molecule has 0 saturated carbocycles. The van der Waals surface area contributed by atoms with E-state index in [2.05, 4.69) is 11.4 Å². The molecule has 3 aromatic rings. The number of aromatic nitrogens is 2. The highest BCUT2D eigenvalue weighted by molar-refractivity contribution is 8.01. The number of carbonyl (C=O) groups excluding carboxylic acids is 1. The van der Waals surface area contributed by atoms with E-state index in [0.717, 1.165) is 45.4 Å². The third-order valence-corrected chi connectivity index (χ3v) is 6.67. The Labute approximate surface area is 173 Å². The molecule has 6 nitrogen and oxygen atoms in total. The third-order valence-electron chi connectivity index (χ3n) is 5.27. The number of carbonyl (C=O) groups is 1. The molecule has 2 atom stereocenters. The van der Waals surface area contributed by atoms with E-state index in [1.165, 1.54) is 0 Å². The van der Waals surface area contributed by atoms with Gasteiger partial charge in [-0.2, -0.15) is 5.10 Å². The number of nitrogens with one attached hydrogen (secondary N) is 1. The lowest BCUT2D eigenvalue weighted by Gasteiger charge is -2.17. The fourth-order valence-corrected chi connectivity index (χ4v) is 5.11. The molecule has 5 rings (SSSR count). The molecule has 0 spiro atoms. The summed E-state index contributed by atoms with van der Waals surface area (Å²) in [5.41, 5.74) is 5.05. The molecule has 2 aromatic carbocycles. The number of nitrogens with zero attached hydrogens (tertiary/aromatic N) is 2. The minimum Gasteiger partial charge on any atom is -0.454 e. The summed E-state index contributed by atoms with van der Waals surface area (Å²) in [5, 5.41) is 7.65. The number of anilines is 1. The Morgan fingerprint density at radius 1 is 1.14 bits per heavy atom. The molecule has 0 fully saturated rings. The molecule has 0 bridgehead atoms. The molecule has 29 heavy (non-hydrogen) atoms. The zero-order valence-electron chi connectivity index (χ0n) is 16.4. The quantitative estimate of drug-likeness (QED) is 0.683. The number of fused-ring (bicyclic) bond motifs is 2. The van der Waals surface area contributed by atoms with Gasteiger partial charge in [0, 0.05) is 5.56 Å².